The highest BCUT2D eigenvalue weighted by Gasteiger charge is 2.38. The standard InChI is InChI=1S/C29H37F2N7O2/c1-4-14-32-27-21(19-34-29(36-27)35-24-12-8-11-22(30)17-24)10-6-5-7-15-33-28(40)25-18-23(31)20-38(25)26(39)13-9-16-37(2)3/h8-9,11-13,17,19,23,25H,4-5,7,14-16,18,20H2,1-3H3,(H,33,40)(H2,32,34,35,36)/b13-9+/t23-,25-/m0/s1. The molecule has 3 rings (SSSR count). The Morgan fingerprint density at radius 1 is 1.27 bits per heavy atom. The normalized spacial score (nSPS) is 16.6. The zero-order valence-corrected chi connectivity index (χ0v) is 23.2. The summed E-state index contributed by atoms with van der Waals surface area (Å²) in [6, 6.07) is 5.22. The predicted molar refractivity (Wildman–Crippen MR) is 152 cm³/mol. The van der Waals surface area contributed by atoms with Crippen LogP contribution in [0.2, 0.25) is 0 Å². The Morgan fingerprint density at radius 2 is 2.10 bits per heavy atom. The lowest BCUT2D eigenvalue weighted by atomic mass is 10.2. The molecule has 214 valence electrons. The molecule has 11 heteroatoms. The average molecular weight is 554 g/mol. The Morgan fingerprint density at radius 3 is 2.85 bits per heavy atom. The van der Waals surface area contributed by atoms with Crippen LogP contribution >= 0.6 is 0 Å². The number of anilines is 3. The maximum Gasteiger partial charge on any atom is 0.247 e. The van der Waals surface area contributed by atoms with Crippen LogP contribution in [0.5, 0.6) is 0 Å². The minimum atomic E-state index is -1.22. The minimum absolute atomic E-state index is 0.00347. The molecular formula is C29H37F2N7O2. The number of hydrogen-bond acceptors (Lipinski definition) is 7. The lowest BCUT2D eigenvalue weighted by molar-refractivity contribution is -0.135. The van der Waals surface area contributed by atoms with E-state index in [4.69, 9.17) is 0 Å². The summed E-state index contributed by atoms with van der Waals surface area (Å²) < 4.78 is 27.5. The van der Waals surface area contributed by atoms with Crippen LogP contribution in [0.4, 0.5) is 26.2 Å². The van der Waals surface area contributed by atoms with E-state index in [0.29, 0.717) is 55.5 Å². The number of nitrogens with one attached hydrogen (secondary N) is 3. The van der Waals surface area contributed by atoms with Gasteiger partial charge in [0.1, 0.15) is 23.8 Å². The van der Waals surface area contributed by atoms with Crippen molar-refractivity contribution in [2.24, 2.45) is 0 Å². The average Bonchev–Trinajstić information content (AvgIpc) is 3.31. The fourth-order valence-corrected chi connectivity index (χ4v) is 4.01. The molecular weight excluding hydrogens is 516 g/mol. The van der Waals surface area contributed by atoms with Crippen molar-refractivity contribution < 1.29 is 18.4 Å². The first kappa shape index (κ1) is 30.5. The van der Waals surface area contributed by atoms with Gasteiger partial charge in [-0.25, -0.2) is 13.8 Å². The van der Waals surface area contributed by atoms with Crippen LogP contribution in [0.3, 0.4) is 0 Å². The van der Waals surface area contributed by atoms with Gasteiger partial charge in [0, 0.05) is 44.2 Å². The summed E-state index contributed by atoms with van der Waals surface area (Å²) >= 11 is 0. The largest absolute Gasteiger partial charge is 0.369 e. The number of nitrogens with zero attached hydrogens (tertiary/aromatic N) is 4. The van der Waals surface area contributed by atoms with Gasteiger partial charge in [0.05, 0.1) is 18.3 Å². The molecule has 0 radical (unpaired) electrons. The van der Waals surface area contributed by atoms with Crippen LogP contribution in [-0.4, -0.2) is 84.1 Å². The quantitative estimate of drug-likeness (QED) is 0.210. The number of carbonyl (C=O) groups excluding carboxylic acids is 2. The molecule has 1 aliphatic rings. The second-order valence-electron chi connectivity index (χ2n) is 9.72. The Hall–Kier alpha value is -4.04. The number of rotatable bonds is 12. The number of amides is 2. The molecule has 9 nitrogen and oxygen atoms in total. The third-order valence-electron chi connectivity index (χ3n) is 5.98. The predicted octanol–water partition coefficient (Wildman–Crippen LogP) is 3.49. The van der Waals surface area contributed by atoms with Crippen molar-refractivity contribution in [3.8, 4) is 11.8 Å². The topological polar surface area (TPSA) is 102 Å². The minimum Gasteiger partial charge on any atom is -0.369 e. The number of halogens is 2. The van der Waals surface area contributed by atoms with E-state index < -0.39 is 12.2 Å². The Kier molecular flexibility index (Phi) is 11.8. The zero-order chi connectivity index (χ0) is 28.9. The highest BCUT2D eigenvalue weighted by atomic mass is 19.1. The third-order valence-corrected chi connectivity index (χ3v) is 5.98. The summed E-state index contributed by atoms with van der Waals surface area (Å²) in [6.45, 7) is 3.59. The van der Waals surface area contributed by atoms with Crippen LogP contribution in [0, 0.1) is 17.7 Å². The molecule has 1 aromatic carbocycles. The molecule has 2 amide bonds. The second kappa shape index (κ2) is 15.5. The molecule has 3 N–H and O–H groups in total. The highest BCUT2D eigenvalue weighted by molar-refractivity contribution is 5.93. The van der Waals surface area contributed by atoms with E-state index in [1.54, 1.807) is 24.4 Å². The van der Waals surface area contributed by atoms with Gasteiger partial charge in [-0.2, -0.15) is 4.98 Å². The van der Waals surface area contributed by atoms with Crippen LogP contribution in [0.15, 0.2) is 42.6 Å². The van der Waals surface area contributed by atoms with E-state index in [1.165, 1.54) is 23.1 Å². The van der Waals surface area contributed by atoms with Crippen molar-refractivity contribution in [2.75, 3.05) is 50.9 Å². The molecule has 1 aromatic heterocycles. The Balaban J connectivity index is 1.52. The number of unbranched alkanes of at least 4 members (excludes halogenated alkanes) is 1. The van der Waals surface area contributed by atoms with Crippen molar-refractivity contribution in [2.45, 2.75) is 44.8 Å². The summed E-state index contributed by atoms with van der Waals surface area (Å²) in [7, 11) is 3.76. The first-order chi connectivity index (χ1) is 19.3. The molecule has 1 fully saturated rings. The molecule has 2 heterocycles. The number of benzene rings is 1. The Bertz CT molecular complexity index is 1240. The number of hydrogen-bond donors (Lipinski definition) is 3. The van der Waals surface area contributed by atoms with Crippen LogP contribution in [-0.2, 0) is 9.59 Å². The molecule has 1 aliphatic heterocycles. The van der Waals surface area contributed by atoms with E-state index in [0.717, 1.165) is 6.42 Å². The van der Waals surface area contributed by atoms with Crippen molar-refractivity contribution in [3.05, 3.63) is 54.0 Å². The number of likely N-dealkylation sites (tertiary alicyclic amines) is 1. The van der Waals surface area contributed by atoms with Gasteiger partial charge in [-0.05, 0) is 45.1 Å². The monoisotopic (exact) mass is 553 g/mol. The molecule has 0 spiro atoms. The van der Waals surface area contributed by atoms with Gasteiger partial charge in [0.25, 0.3) is 0 Å². The molecule has 0 bridgehead atoms. The van der Waals surface area contributed by atoms with E-state index in [2.05, 4.69) is 37.8 Å². The maximum atomic E-state index is 14.0. The van der Waals surface area contributed by atoms with Crippen molar-refractivity contribution in [3.63, 3.8) is 0 Å². The van der Waals surface area contributed by atoms with Gasteiger partial charge < -0.3 is 25.8 Å². The van der Waals surface area contributed by atoms with Gasteiger partial charge in [0.15, 0.2) is 0 Å². The lowest BCUT2D eigenvalue weighted by Gasteiger charge is -2.22. The second-order valence-corrected chi connectivity index (χ2v) is 9.72. The fraction of sp³-hybridized carbons (Fsp3) is 0.448. The van der Waals surface area contributed by atoms with Gasteiger partial charge in [-0.1, -0.05) is 30.9 Å². The third kappa shape index (κ3) is 9.61. The molecule has 0 aliphatic carbocycles. The van der Waals surface area contributed by atoms with Gasteiger partial charge in [-0.3, -0.25) is 9.59 Å². The first-order valence-corrected chi connectivity index (χ1v) is 13.4. The molecule has 40 heavy (non-hydrogen) atoms. The smallest absolute Gasteiger partial charge is 0.247 e. The maximum absolute atomic E-state index is 14.0. The van der Waals surface area contributed by atoms with Gasteiger partial charge >= 0.3 is 0 Å². The number of aromatic nitrogens is 2. The highest BCUT2D eigenvalue weighted by Crippen LogP contribution is 2.21. The van der Waals surface area contributed by atoms with E-state index in [9.17, 15) is 18.4 Å². The lowest BCUT2D eigenvalue weighted by Crippen LogP contribution is -2.45. The SMILES string of the molecule is CCCNc1nc(Nc2cccc(F)c2)ncc1C#CCCCNC(=O)[C@@H]1C[C@H](F)CN1C(=O)/C=C/CN(C)C. The van der Waals surface area contributed by atoms with Gasteiger partial charge in [0.2, 0.25) is 17.8 Å². The summed E-state index contributed by atoms with van der Waals surface area (Å²) in [5, 5.41) is 9.03. The van der Waals surface area contributed by atoms with Gasteiger partial charge in [-0.15, -0.1) is 0 Å². The van der Waals surface area contributed by atoms with Crippen molar-refractivity contribution >= 4 is 29.3 Å². The summed E-state index contributed by atoms with van der Waals surface area (Å²) in [4.78, 5) is 37.1. The van der Waals surface area contributed by atoms with E-state index in [-0.39, 0.29) is 30.6 Å². The summed E-state index contributed by atoms with van der Waals surface area (Å²) in [5.41, 5.74) is 1.16. The molecule has 2 atom stereocenters. The fourth-order valence-electron chi connectivity index (χ4n) is 4.01. The Labute approximate surface area is 234 Å². The van der Waals surface area contributed by atoms with Crippen LogP contribution < -0.4 is 16.0 Å². The first-order valence-electron chi connectivity index (χ1n) is 13.4. The zero-order valence-electron chi connectivity index (χ0n) is 23.2. The van der Waals surface area contributed by atoms with E-state index in [1.807, 2.05) is 25.9 Å². The number of alkyl halides is 1. The summed E-state index contributed by atoms with van der Waals surface area (Å²) in [5.74, 6) is 5.96. The van der Waals surface area contributed by atoms with Crippen LogP contribution in [0.25, 0.3) is 0 Å². The molecule has 1 saturated heterocycles. The molecule has 0 saturated carbocycles. The number of likely N-dealkylation sites (N-methyl/N-ethyl adjacent to an activating group) is 1. The summed E-state index contributed by atoms with van der Waals surface area (Å²) in [6.07, 6.45) is 5.45. The van der Waals surface area contributed by atoms with Crippen molar-refractivity contribution in [1.82, 2.24) is 25.1 Å². The molecule has 2 aromatic rings. The number of carbonyl (C=O) groups is 2. The van der Waals surface area contributed by atoms with Crippen LogP contribution in [0.1, 0.15) is 38.2 Å². The molecule has 0 unspecified atom stereocenters. The van der Waals surface area contributed by atoms with E-state index >= 15 is 0 Å². The van der Waals surface area contributed by atoms with Crippen molar-refractivity contribution in [1.29, 1.82) is 0 Å².